The van der Waals surface area contributed by atoms with Crippen molar-refractivity contribution in [1.82, 2.24) is 77.3 Å². The number of benzene rings is 7. The fourth-order valence-electron chi connectivity index (χ4n) is 17.3. The quantitative estimate of drug-likeness (QED) is 0.0192. The van der Waals surface area contributed by atoms with Gasteiger partial charge in [0.1, 0.15) is 36.3 Å². The van der Waals surface area contributed by atoms with Gasteiger partial charge < -0.3 is 109 Å². The summed E-state index contributed by atoms with van der Waals surface area (Å²) in [7, 11) is 0. The van der Waals surface area contributed by atoms with E-state index >= 15 is 0 Å². The minimum absolute atomic E-state index is 0.00161. The number of hydrogen-bond acceptors (Lipinski definition) is 25. The average molecular weight is 2050 g/mol. The number of rotatable bonds is 53. The lowest BCUT2D eigenvalue weighted by molar-refractivity contribution is -0.142. The molecule has 0 spiro atoms. The van der Waals surface area contributed by atoms with Crippen LogP contribution in [-0.2, 0) is 111 Å². The zero-order valence-electron chi connectivity index (χ0n) is 81.2. The maximum atomic E-state index is 14.5. The second-order valence-corrected chi connectivity index (χ2v) is 36.4. The Hall–Kier alpha value is -16.2. The molecule has 6 atom stereocenters. The third-order valence-corrected chi connectivity index (χ3v) is 25.4. The number of Topliss-reactive ketones (excluding diaryl/α,β-unsaturated/α-hetero) is 2. The first kappa shape index (κ1) is 114. The number of carbonyl (C=O) groups is 21. The van der Waals surface area contributed by atoms with Gasteiger partial charge in [0.2, 0.25) is 35.4 Å². The molecule has 1 fully saturated rings. The van der Waals surface area contributed by atoms with Gasteiger partial charge >= 0.3 is 65.8 Å². The molecule has 1 saturated heterocycles. The second kappa shape index (κ2) is 56.3. The van der Waals surface area contributed by atoms with Crippen LogP contribution in [0.1, 0.15) is 165 Å². The van der Waals surface area contributed by atoms with Gasteiger partial charge in [-0.25, -0.2) is 28.8 Å². The number of carbonyl (C=O) groups excluding carboxylic acids is 12. The van der Waals surface area contributed by atoms with Crippen molar-refractivity contribution in [2.75, 3.05) is 117 Å². The van der Waals surface area contributed by atoms with Crippen LogP contribution < -0.4 is 53.2 Å². The van der Waals surface area contributed by atoms with Gasteiger partial charge in [-0.05, 0) is 162 Å². The number of nitrogens with one attached hydrogen (secondary N) is 10. The Kier molecular flexibility index (Phi) is 43.3. The van der Waals surface area contributed by atoms with Crippen molar-refractivity contribution in [3.05, 3.63) is 195 Å². The van der Waals surface area contributed by atoms with Crippen molar-refractivity contribution in [3.63, 3.8) is 0 Å². The predicted molar refractivity (Wildman–Crippen MR) is 529 cm³/mol. The fraction of sp³-hybridized carbons (Fsp3) is 0.422. The van der Waals surface area contributed by atoms with E-state index in [1.165, 1.54) is 40.1 Å². The molecule has 790 valence electrons. The third-order valence-electron chi connectivity index (χ3n) is 25.4. The van der Waals surface area contributed by atoms with E-state index < -0.39 is 219 Å². The molecule has 19 N–H and O–H groups in total. The minimum Gasteiger partial charge on any atom is -0.481 e. The van der Waals surface area contributed by atoms with Gasteiger partial charge in [-0.15, -0.1) is 0 Å². The molecular formula is C102H122N16O30. The van der Waals surface area contributed by atoms with Crippen LogP contribution in [0.15, 0.2) is 140 Å². The zero-order valence-corrected chi connectivity index (χ0v) is 81.2. The smallest absolute Gasteiger partial charge is 0.326 e. The average Bonchev–Trinajstić information content (AvgIpc) is 0.805. The highest BCUT2D eigenvalue weighted by Crippen LogP contribution is 2.28. The molecule has 148 heavy (non-hydrogen) atoms. The van der Waals surface area contributed by atoms with Crippen LogP contribution in [0.5, 0.6) is 0 Å². The number of unbranched alkanes of at least 4 members (excludes halogenated alkanes) is 2. The first-order valence-electron chi connectivity index (χ1n) is 48.4. The molecule has 3 aliphatic heterocycles. The lowest BCUT2D eigenvalue weighted by atomic mass is 9.95. The van der Waals surface area contributed by atoms with Crippen LogP contribution in [0.25, 0.3) is 21.5 Å². The first-order chi connectivity index (χ1) is 70.6. The number of fused-ring (bicyclic) bond motifs is 4. The van der Waals surface area contributed by atoms with Crippen molar-refractivity contribution >= 4 is 152 Å². The minimum atomic E-state index is -1.61. The van der Waals surface area contributed by atoms with Gasteiger partial charge in [0.05, 0.1) is 32.7 Å². The van der Waals surface area contributed by atoms with Crippen LogP contribution in [0.4, 0.5) is 15.3 Å². The molecule has 3 heterocycles. The van der Waals surface area contributed by atoms with Crippen molar-refractivity contribution in [1.29, 1.82) is 0 Å². The predicted octanol–water partition coefficient (Wildman–Crippen LogP) is 3.01. The summed E-state index contributed by atoms with van der Waals surface area (Å²) in [5, 5.41) is 114. The highest BCUT2D eigenvalue weighted by atomic mass is 16.4. The van der Waals surface area contributed by atoms with E-state index in [9.17, 15) is 136 Å². The van der Waals surface area contributed by atoms with Crippen LogP contribution in [0.2, 0.25) is 0 Å². The third kappa shape index (κ3) is 37.1. The van der Waals surface area contributed by atoms with E-state index in [0.717, 1.165) is 21.5 Å². The number of anilines is 1. The Morgan fingerprint density at radius 2 is 0.655 bits per heavy atom. The number of carboxylic acid groups (broad SMARTS) is 9. The molecule has 0 bridgehead atoms. The van der Waals surface area contributed by atoms with Crippen molar-refractivity contribution in [3.8, 4) is 0 Å². The largest absolute Gasteiger partial charge is 0.481 e. The van der Waals surface area contributed by atoms with E-state index in [1.54, 1.807) is 43.9 Å². The van der Waals surface area contributed by atoms with Crippen molar-refractivity contribution < 1.29 is 147 Å². The standard InChI is InChI=1S/C102H122N16O30/c119-82(25-27-86(123)117-35-31-67-49-69(19-21-71(67)55-117)93(135)107-80(47-61-15-17-63-9-1-3-11-65(63)45-61)95(137)103-33-7-5-13-76(97(139)140)109-101(147)111-78(99(143)144)23-29-88(125)126)73-51-74(53-75(52-73)106-84(121)54-105-85(122)57-113-37-39-114(58-90(129)130)41-43-116(60-92(133)134)44-42-115(40-38-113)59-91(131)132)83(120)26-28-87(124)118-36-32-68-50-70(20-22-72(68)56-118)94(136)108-81(48-62-16-18-64-10-2-4-12-66(64)46-62)96(138)104-34-8-6-14-77(98(141)142)110-102(148)112-79(100(145)146)24-30-89(127)128/h1-4,9-12,15-22,45-46,49-53,76-81H,5-8,13-14,23-44,47-48,54-60H2,(H,103,137)(H,104,138)(H,105,122)(H,106,121)(H,107,135)(H,108,136)(H,125,126)(H,127,128)(H,129,130)(H,131,132)(H,133,134)(H,139,140)(H,141,142)(H,143,144)(H,145,146)(H2,109,111,147)(H2,110,112,148)/t76-,77?,78-,79-,80-,81-/m0/s1. The Bertz CT molecular complexity index is 5770. The van der Waals surface area contributed by atoms with Crippen LogP contribution in [-0.4, -0.2) is 347 Å². The van der Waals surface area contributed by atoms with E-state index in [4.69, 9.17) is 10.2 Å². The molecule has 3 aliphatic rings. The SMILES string of the molecule is O=C(O)CC[C@H](NC(=O)NC(CCCCNC(=O)[C@H](Cc1ccc2ccccc2c1)NC(=O)c1ccc2c(c1)CCN(C(=O)CCC(=O)c1cc(NC(=O)CNC(=O)CN3CCN(CC(=O)O)CCN(CC(=O)O)CCN(CC(=O)O)CC3)cc(C(=O)CCC(=O)N3CCc4cc(C(=O)N[C@@H](Cc5ccc6ccccc6c5)C(=O)NCCCC[C@H](NC(=O)N[C@@H](CCC(=O)O)C(=O)O)C(=O)O)ccc4C3)c1)C2)C(=O)O)C(=O)O. The molecule has 7 aromatic carbocycles. The summed E-state index contributed by atoms with van der Waals surface area (Å²) in [6.45, 7) is -1.04. The Balaban J connectivity index is 0.784. The molecule has 0 saturated carbocycles. The van der Waals surface area contributed by atoms with Crippen LogP contribution in [0, 0.1) is 0 Å². The molecular weight excluding hydrogens is 1930 g/mol. The summed E-state index contributed by atoms with van der Waals surface area (Å²) >= 11 is 0. The van der Waals surface area contributed by atoms with E-state index in [0.29, 0.717) is 33.4 Å². The van der Waals surface area contributed by atoms with Gasteiger partial charge in [0.25, 0.3) is 11.8 Å². The molecule has 46 nitrogen and oxygen atoms in total. The summed E-state index contributed by atoms with van der Waals surface area (Å²) in [5.41, 5.74) is 4.17. The molecule has 46 heteroatoms. The van der Waals surface area contributed by atoms with Crippen molar-refractivity contribution in [2.24, 2.45) is 0 Å². The first-order valence-corrected chi connectivity index (χ1v) is 48.4. The summed E-state index contributed by atoms with van der Waals surface area (Å²) in [6.07, 6.45) is -2.66. The number of nitrogens with zero attached hydrogens (tertiary/aromatic N) is 6. The molecule has 0 radical (unpaired) electrons. The lowest BCUT2D eigenvalue weighted by Gasteiger charge is -2.32. The van der Waals surface area contributed by atoms with Crippen molar-refractivity contribution in [2.45, 2.75) is 165 Å². The number of amides is 12. The topological polar surface area (TPSA) is 680 Å². The highest BCUT2D eigenvalue weighted by Gasteiger charge is 2.34. The molecule has 12 amide bonds. The Morgan fingerprint density at radius 3 is 1.01 bits per heavy atom. The number of urea groups is 2. The highest BCUT2D eigenvalue weighted by molar-refractivity contribution is 6.06. The Labute approximate surface area is 848 Å². The van der Waals surface area contributed by atoms with E-state index in [-0.39, 0.29) is 210 Å². The Morgan fingerprint density at radius 1 is 0.297 bits per heavy atom. The maximum Gasteiger partial charge on any atom is 0.326 e. The lowest BCUT2D eigenvalue weighted by Crippen LogP contribution is -2.51. The molecule has 7 aromatic rings. The molecule has 1 unspecified atom stereocenters. The molecule has 0 aromatic heterocycles. The summed E-state index contributed by atoms with van der Waals surface area (Å²) < 4.78 is 0. The van der Waals surface area contributed by atoms with Crippen LogP contribution in [0.3, 0.4) is 0 Å². The number of carboxylic acids is 9. The molecule has 0 aliphatic carbocycles. The van der Waals surface area contributed by atoms with Crippen LogP contribution >= 0.6 is 0 Å². The summed E-state index contributed by atoms with van der Waals surface area (Å²) in [4.78, 5) is 282. The van der Waals surface area contributed by atoms with Gasteiger partial charge in [-0.2, -0.15) is 0 Å². The fourth-order valence-corrected chi connectivity index (χ4v) is 17.3. The number of hydrogen-bond donors (Lipinski definition) is 19. The van der Waals surface area contributed by atoms with E-state index in [1.807, 2.05) is 84.9 Å². The molecule has 10 rings (SSSR count). The second-order valence-electron chi connectivity index (χ2n) is 36.4. The maximum absolute atomic E-state index is 14.5. The normalized spacial score (nSPS) is 14.8. The number of aliphatic carboxylic acids is 9. The van der Waals surface area contributed by atoms with Gasteiger partial charge in [0, 0.05) is 171 Å². The van der Waals surface area contributed by atoms with Gasteiger partial charge in [-0.3, -0.25) is 91.5 Å². The number of ketones is 2. The monoisotopic (exact) mass is 2050 g/mol. The van der Waals surface area contributed by atoms with Gasteiger partial charge in [-0.1, -0.05) is 97.1 Å². The summed E-state index contributed by atoms with van der Waals surface area (Å²) in [5.74, 6) is -18.1. The van der Waals surface area contributed by atoms with Gasteiger partial charge in [0.15, 0.2) is 11.6 Å². The zero-order chi connectivity index (χ0) is 107. The summed E-state index contributed by atoms with van der Waals surface area (Å²) in [6, 6.07) is 28.9. The van der Waals surface area contributed by atoms with E-state index in [2.05, 4.69) is 53.2 Å².